The van der Waals surface area contributed by atoms with Gasteiger partial charge < -0.3 is 5.73 Å². The van der Waals surface area contributed by atoms with E-state index < -0.39 is 0 Å². The smallest absolute Gasteiger partial charge is 0.131 e. The topological polar surface area (TPSA) is 51.8 Å². The van der Waals surface area contributed by atoms with Crippen molar-refractivity contribution in [2.24, 2.45) is 0 Å². The molecule has 0 bridgehead atoms. The maximum atomic E-state index is 5.82. The summed E-state index contributed by atoms with van der Waals surface area (Å²) >= 11 is 0. The van der Waals surface area contributed by atoms with Crippen LogP contribution < -0.4 is 5.73 Å². The Labute approximate surface area is 108 Å². The fourth-order valence-corrected chi connectivity index (χ4v) is 2.00. The zero-order valence-electron chi connectivity index (χ0n) is 11.0. The zero-order valence-corrected chi connectivity index (χ0v) is 11.0. The summed E-state index contributed by atoms with van der Waals surface area (Å²) in [7, 11) is 0. The number of aryl methyl sites for hydroxylation is 2. The lowest BCUT2D eigenvalue weighted by molar-refractivity contribution is 0.921. The molecule has 0 amide bonds. The highest BCUT2D eigenvalue weighted by molar-refractivity contribution is 5.62. The van der Waals surface area contributed by atoms with Crippen LogP contribution in [0.5, 0.6) is 0 Å². The Morgan fingerprint density at radius 3 is 2.67 bits per heavy atom. The molecule has 0 saturated heterocycles. The summed E-state index contributed by atoms with van der Waals surface area (Å²) < 4.78 is 0. The number of hydrogen-bond acceptors (Lipinski definition) is 3. The molecule has 1 aromatic heterocycles. The highest BCUT2D eigenvalue weighted by Gasteiger charge is 2.04. The predicted molar refractivity (Wildman–Crippen MR) is 75.3 cm³/mol. The van der Waals surface area contributed by atoms with Crippen molar-refractivity contribution in [1.82, 2.24) is 9.97 Å². The number of nitrogen functional groups attached to an aromatic ring is 1. The molecule has 0 atom stereocenters. The van der Waals surface area contributed by atoms with Gasteiger partial charge in [-0.15, -0.1) is 0 Å². The van der Waals surface area contributed by atoms with Crippen LogP contribution in [-0.2, 0) is 12.8 Å². The van der Waals surface area contributed by atoms with Gasteiger partial charge in [-0.3, -0.25) is 0 Å². The summed E-state index contributed by atoms with van der Waals surface area (Å²) in [5, 5.41) is 0. The third-order valence-corrected chi connectivity index (χ3v) is 2.87. The third-order valence-electron chi connectivity index (χ3n) is 2.87. The molecule has 0 unspecified atom stereocenters. The molecule has 3 heteroatoms. The average molecular weight is 241 g/mol. The molecule has 18 heavy (non-hydrogen) atoms. The highest BCUT2D eigenvalue weighted by Crippen LogP contribution is 2.20. The van der Waals surface area contributed by atoms with Gasteiger partial charge in [-0.1, -0.05) is 38.5 Å². The molecule has 1 aromatic carbocycles. The molecular weight excluding hydrogens is 222 g/mol. The lowest BCUT2D eigenvalue weighted by atomic mass is 10.0. The van der Waals surface area contributed by atoms with Crippen LogP contribution in [0.3, 0.4) is 0 Å². The summed E-state index contributed by atoms with van der Waals surface area (Å²) in [5.74, 6) is 1.34. The van der Waals surface area contributed by atoms with Gasteiger partial charge in [0.1, 0.15) is 11.6 Å². The molecular formula is C15H19N3. The third kappa shape index (κ3) is 2.86. The van der Waals surface area contributed by atoms with Gasteiger partial charge in [0.05, 0.1) is 5.69 Å². The molecule has 2 rings (SSSR count). The van der Waals surface area contributed by atoms with Crippen molar-refractivity contribution in [3.8, 4) is 11.3 Å². The number of nitrogens with zero attached hydrogens (tertiary/aromatic N) is 2. The van der Waals surface area contributed by atoms with Gasteiger partial charge in [-0.25, -0.2) is 9.97 Å². The summed E-state index contributed by atoms with van der Waals surface area (Å²) in [6, 6.07) is 10.3. The van der Waals surface area contributed by atoms with Crippen molar-refractivity contribution in [2.75, 3.05) is 5.73 Å². The van der Waals surface area contributed by atoms with Gasteiger partial charge in [0.25, 0.3) is 0 Å². The fourth-order valence-electron chi connectivity index (χ4n) is 2.00. The first-order chi connectivity index (χ1) is 8.72. The maximum absolute atomic E-state index is 5.82. The summed E-state index contributed by atoms with van der Waals surface area (Å²) in [4.78, 5) is 8.74. The standard InChI is InChI=1S/C15H19N3/c1-3-6-11-7-5-8-12(9-11)13-10-14(16)18-15(4-2)17-13/h5,7-10H,3-4,6H2,1-2H3,(H2,16,17,18). The summed E-state index contributed by atoms with van der Waals surface area (Å²) in [6.07, 6.45) is 3.04. The first-order valence-electron chi connectivity index (χ1n) is 6.45. The van der Waals surface area contributed by atoms with E-state index in [1.165, 1.54) is 5.56 Å². The van der Waals surface area contributed by atoms with Gasteiger partial charge in [-0.05, 0) is 18.1 Å². The lowest BCUT2D eigenvalue weighted by Crippen LogP contribution is -2.00. The fraction of sp³-hybridized carbons (Fsp3) is 0.333. The predicted octanol–water partition coefficient (Wildman–Crippen LogP) is 3.24. The molecule has 0 aliphatic heterocycles. The summed E-state index contributed by atoms with van der Waals surface area (Å²) in [6.45, 7) is 4.22. The van der Waals surface area contributed by atoms with Crippen LogP contribution in [-0.4, -0.2) is 9.97 Å². The van der Waals surface area contributed by atoms with Gasteiger partial charge in [0, 0.05) is 18.1 Å². The normalized spacial score (nSPS) is 10.6. The molecule has 94 valence electrons. The van der Waals surface area contributed by atoms with Crippen LogP contribution in [0.1, 0.15) is 31.7 Å². The zero-order chi connectivity index (χ0) is 13.0. The Bertz CT molecular complexity index is 535. The Morgan fingerprint density at radius 2 is 1.94 bits per heavy atom. The van der Waals surface area contributed by atoms with Crippen LogP contribution in [0.2, 0.25) is 0 Å². The number of rotatable bonds is 4. The molecule has 0 saturated carbocycles. The van der Waals surface area contributed by atoms with Crippen LogP contribution in [0, 0.1) is 0 Å². The molecule has 0 aliphatic rings. The van der Waals surface area contributed by atoms with E-state index in [0.717, 1.165) is 36.3 Å². The Hall–Kier alpha value is -1.90. The molecule has 2 aromatic rings. The van der Waals surface area contributed by atoms with Crippen LogP contribution in [0.4, 0.5) is 5.82 Å². The van der Waals surface area contributed by atoms with Gasteiger partial charge in [0.15, 0.2) is 0 Å². The lowest BCUT2D eigenvalue weighted by Gasteiger charge is -2.06. The molecule has 0 radical (unpaired) electrons. The Kier molecular flexibility index (Phi) is 3.92. The van der Waals surface area contributed by atoms with Crippen molar-refractivity contribution in [3.05, 3.63) is 41.7 Å². The van der Waals surface area contributed by atoms with E-state index in [2.05, 4.69) is 41.2 Å². The van der Waals surface area contributed by atoms with E-state index in [4.69, 9.17) is 5.73 Å². The van der Waals surface area contributed by atoms with Crippen molar-refractivity contribution < 1.29 is 0 Å². The molecule has 0 spiro atoms. The number of hydrogen-bond donors (Lipinski definition) is 1. The van der Waals surface area contributed by atoms with E-state index in [0.29, 0.717) is 5.82 Å². The quantitative estimate of drug-likeness (QED) is 0.894. The highest BCUT2D eigenvalue weighted by atomic mass is 14.9. The van der Waals surface area contributed by atoms with E-state index in [-0.39, 0.29) is 0 Å². The molecule has 0 fully saturated rings. The Morgan fingerprint density at radius 1 is 1.11 bits per heavy atom. The first kappa shape index (κ1) is 12.6. The SMILES string of the molecule is CCCc1cccc(-c2cc(N)nc(CC)n2)c1. The average Bonchev–Trinajstić information content (AvgIpc) is 2.39. The Balaban J connectivity index is 2.41. The van der Waals surface area contributed by atoms with Crippen molar-refractivity contribution in [1.29, 1.82) is 0 Å². The number of aromatic nitrogens is 2. The second-order valence-electron chi connectivity index (χ2n) is 4.40. The minimum Gasteiger partial charge on any atom is -0.384 e. The molecule has 2 N–H and O–H groups in total. The van der Waals surface area contributed by atoms with Crippen LogP contribution >= 0.6 is 0 Å². The number of nitrogens with two attached hydrogens (primary N) is 1. The number of anilines is 1. The molecule has 3 nitrogen and oxygen atoms in total. The maximum Gasteiger partial charge on any atom is 0.131 e. The second kappa shape index (κ2) is 5.63. The first-order valence-corrected chi connectivity index (χ1v) is 6.45. The van der Waals surface area contributed by atoms with Crippen LogP contribution in [0.25, 0.3) is 11.3 Å². The van der Waals surface area contributed by atoms with E-state index in [1.54, 1.807) is 0 Å². The number of benzene rings is 1. The molecule has 0 aliphatic carbocycles. The van der Waals surface area contributed by atoms with E-state index in [1.807, 2.05) is 13.0 Å². The molecule has 1 heterocycles. The van der Waals surface area contributed by atoms with Crippen LogP contribution in [0.15, 0.2) is 30.3 Å². The minimum atomic E-state index is 0.540. The van der Waals surface area contributed by atoms with E-state index >= 15 is 0 Å². The van der Waals surface area contributed by atoms with Gasteiger partial charge in [0.2, 0.25) is 0 Å². The van der Waals surface area contributed by atoms with Gasteiger partial charge >= 0.3 is 0 Å². The van der Waals surface area contributed by atoms with Crippen molar-refractivity contribution >= 4 is 5.82 Å². The summed E-state index contributed by atoms with van der Waals surface area (Å²) in [5.41, 5.74) is 9.19. The minimum absolute atomic E-state index is 0.540. The van der Waals surface area contributed by atoms with Gasteiger partial charge in [-0.2, -0.15) is 0 Å². The van der Waals surface area contributed by atoms with E-state index in [9.17, 15) is 0 Å². The second-order valence-corrected chi connectivity index (χ2v) is 4.40. The van der Waals surface area contributed by atoms with Crippen molar-refractivity contribution in [3.63, 3.8) is 0 Å². The largest absolute Gasteiger partial charge is 0.384 e. The monoisotopic (exact) mass is 241 g/mol. The van der Waals surface area contributed by atoms with Crippen molar-refractivity contribution in [2.45, 2.75) is 33.1 Å².